The number of aryl methyl sites for hydroxylation is 1. The van der Waals surface area contributed by atoms with E-state index >= 15 is 0 Å². The second-order valence-electron chi connectivity index (χ2n) is 3.91. The molecule has 0 heterocycles. The van der Waals surface area contributed by atoms with E-state index in [2.05, 4.69) is 27.3 Å². The molecule has 0 spiro atoms. The summed E-state index contributed by atoms with van der Waals surface area (Å²) in [7, 11) is 0. The summed E-state index contributed by atoms with van der Waals surface area (Å²) in [5, 5.41) is 12.0. The molecule has 2 aromatic carbocycles. The summed E-state index contributed by atoms with van der Waals surface area (Å²) >= 11 is 3.30. The van der Waals surface area contributed by atoms with E-state index in [9.17, 15) is 4.39 Å². The minimum Gasteiger partial charge on any atom is -0.352 e. The van der Waals surface area contributed by atoms with Gasteiger partial charge in [0.05, 0.1) is 16.9 Å². The molecule has 18 heavy (non-hydrogen) atoms. The SMILES string of the molecule is Cc1ccc(F)c(Nc2ccc(Br)cc2C#N)c1. The van der Waals surface area contributed by atoms with Gasteiger partial charge in [0.25, 0.3) is 0 Å². The molecule has 90 valence electrons. The Hall–Kier alpha value is -1.86. The highest BCUT2D eigenvalue weighted by Crippen LogP contribution is 2.26. The lowest BCUT2D eigenvalue weighted by Crippen LogP contribution is -1.96. The Morgan fingerprint density at radius 2 is 1.94 bits per heavy atom. The number of hydrogen-bond donors (Lipinski definition) is 1. The van der Waals surface area contributed by atoms with Gasteiger partial charge >= 0.3 is 0 Å². The average molecular weight is 305 g/mol. The number of hydrogen-bond acceptors (Lipinski definition) is 2. The molecular formula is C14H10BrFN2. The van der Waals surface area contributed by atoms with E-state index in [0.29, 0.717) is 16.9 Å². The van der Waals surface area contributed by atoms with Crippen molar-refractivity contribution in [3.8, 4) is 6.07 Å². The molecule has 0 unspecified atom stereocenters. The second-order valence-corrected chi connectivity index (χ2v) is 4.83. The summed E-state index contributed by atoms with van der Waals surface area (Å²) in [6.07, 6.45) is 0. The average Bonchev–Trinajstić information content (AvgIpc) is 2.36. The van der Waals surface area contributed by atoms with Crippen molar-refractivity contribution >= 4 is 27.3 Å². The maximum atomic E-state index is 13.6. The van der Waals surface area contributed by atoms with Gasteiger partial charge in [0, 0.05) is 4.47 Å². The van der Waals surface area contributed by atoms with Crippen LogP contribution in [-0.2, 0) is 0 Å². The van der Waals surface area contributed by atoms with Gasteiger partial charge in [-0.05, 0) is 42.8 Å². The van der Waals surface area contributed by atoms with Crippen LogP contribution in [0.15, 0.2) is 40.9 Å². The normalized spacial score (nSPS) is 9.89. The van der Waals surface area contributed by atoms with E-state index in [1.165, 1.54) is 6.07 Å². The largest absolute Gasteiger partial charge is 0.352 e. The predicted molar refractivity (Wildman–Crippen MR) is 73.3 cm³/mol. The van der Waals surface area contributed by atoms with Crippen LogP contribution in [0.2, 0.25) is 0 Å². The van der Waals surface area contributed by atoms with E-state index < -0.39 is 0 Å². The van der Waals surface area contributed by atoms with Gasteiger partial charge in [-0.3, -0.25) is 0 Å². The number of anilines is 2. The molecule has 0 radical (unpaired) electrons. The Bertz CT molecular complexity index is 632. The van der Waals surface area contributed by atoms with E-state index in [0.717, 1.165) is 10.0 Å². The number of halogens is 2. The van der Waals surface area contributed by atoms with Gasteiger partial charge in [0.1, 0.15) is 11.9 Å². The molecular weight excluding hydrogens is 295 g/mol. The molecule has 2 aromatic rings. The molecule has 2 nitrogen and oxygen atoms in total. The minimum absolute atomic E-state index is 0.340. The van der Waals surface area contributed by atoms with Gasteiger partial charge in [-0.25, -0.2) is 4.39 Å². The topological polar surface area (TPSA) is 35.8 Å². The highest BCUT2D eigenvalue weighted by Gasteiger charge is 2.06. The molecule has 0 aromatic heterocycles. The quantitative estimate of drug-likeness (QED) is 0.886. The highest BCUT2D eigenvalue weighted by atomic mass is 79.9. The standard InChI is InChI=1S/C14H10BrFN2/c1-9-2-4-12(16)14(6-9)18-13-5-3-11(15)7-10(13)8-17/h2-7,18H,1H3. The van der Waals surface area contributed by atoms with Crippen LogP contribution >= 0.6 is 15.9 Å². The van der Waals surface area contributed by atoms with Crippen LogP contribution in [0.4, 0.5) is 15.8 Å². The lowest BCUT2D eigenvalue weighted by molar-refractivity contribution is 0.631. The summed E-state index contributed by atoms with van der Waals surface area (Å²) in [6, 6.07) is 12.1. The van der Waals surface area contributed by atoms with Crippen LogP contribution in [0.3, 0.4) is 0 Å². The maximum Gasteiger partial charge on any atom is 0.146 e. The summed E-state index contributed by atoms with van der Waals surface area (Å²) in [4.78, 5) is 0. The summed E-state index contributed by atoms with van der Waals surface area (Å²) in [5.74, 6) is -0.340. The lowest BCUT2D eigenvalue weighted by atomic mass is 10.1. The first kappa shape index (κ1) is 12.6. The zero-order valence-corrected chi connectivity index (χ0v) is 11.3. The number of rotatable bonds is 2. The molecule has 0 atom stereocenters. The Labute approximate surface area is 113 Å². The molecule has 0 fully saturated rings. The Balaban J connectivity index is 2.40. The van der Waals surface area contributed by atoms with Gasteiger partial charge in [-0.1, -0.05) is 22.0 Å². The third-order valence-electron chi connectivity index (χ3n) is 2.49. The number of nitrogens with one attached hydrogen (secondary N) is 1. The third kappa shape index (κ3) is 2.69. The Morgan fingerprint density at radius 1 is 1.17 bits per heavy atom. The zero-order valence-electron chi connectivity index (χ0n) is 9.67. The Kier molecular flexibility index (Phi) is 3.63. The number of benzene rings is 2. The molecule has 0 aliphatic heterocycles. The van der Waals surface area contributed by atoms with Gasteiger partial charge in [-0.15, -0.1) is 0 Å². The van der Waals surface area contributed by atoms with Gasteiger partial charge in [0.15, 0.2) is 0 Å². The summed E-state index contributed by atoms with van der Waals surface area (Å²) in [6.45, 7) is 1.89. The van der Waals surface area contributed by atoms with Crippen molar-refractivity contribution < 1.29 is 4.39 Å². The molecule has 0 aliphatic rings. The first-order valence-electron chi connectivity index (χ1n) is 5.33. The first-order chi connectivity index (χ1) is 8.60. The van der Waals surface area contributed by atoms with Crippen molar-refractivity contribution in [2.45, 2.75) is 6.92 Å². The fourth-order valence-electron chi connectivity index (χ4n) is 1.60. The number of nitriles is 1. The molecule has 2 rings (SSSR count). The van der Waals surface area contributed by atoms with Gasteiger partial charge in [0.2, 0.25) is 0 Å². The maximum absolute atomic E-state index is 13.6. The second kappa shape index (κ2) is 5.19. The Morgan fingerprint density at radius 3 is 2.67 bits per heavy atom. The first-order valence-corrected chi connectivity index (χ1v) is 6.12. The summed E-state index contributed by atoms with van der Waals surface area (Å²) in [5.41, 5.74) is 2.37. The van der Waals surface area contributed by atoms with Crippen molar-refractivity contribution in [2.75, 3.05) is 5.32 Å². The van der Waals surface area contributed by atoms with Crippen molar-refractivity contribution in [1.82, 2.24) is 0 Å². The molecule has 0 amide bonds. The van der Waals surface area contributed by atoms with Crippen molar-refractivity contribution in [2.24, 2.45) is 0 Å². The molecule has 0 saturated heterocycles. The molecule has 1 N–H and O–H groups in total. The van der Waals surface area contributed by atoms with E-state index in [1.807, 2.05) is 6.92 Å². The molecule has 0 aliphatic carbocycles. The van der Waals surface area contributed by atoms with Gasteiger partial charge < -0.3 is 5.32 Å². The zero-order chi connectivity index (χ0) is 13.1. The van der Waals surface area contributed by atoms with Crippen LogP contribution in [0.1, 0.15) is 11.1 Å². The molecule has 0 saturated carbocycles. The predicted octanol–water partition coefficient (Wildman–Crippen LogP) is 4.51. The monoisotopic (exact) mass is 304 g/mol. The van der Waals surface area contributed by atoms with E-state index in [-0.39, 0.29) is 5.82 Å². The van der Waals surface area contributed by atoms with Crippen LogP contribution in [-0.4, -0.2) is 0 Å². The van der Waals surface area contributed by atoms with Gasteiger partial charge in [-0.2, -0.15) is 5.26 Å². The fraction of sp³-hybridized carbons (Fsp3) is 0.0714. The smallest absolute Gasteiger partial charge is 0.146 e. The van der Waals surface area contributed by atoms with Crippen molar-refractivity contribution in [3.63, 3.8) is 0 Å². The fourth-order valence-corrected chi connectivity index (χ4v) is 1.96. The van der Waals surface area contributed by atoms with Crippen LogP contribution in [0, 0.1) is 24.1 Å². The summed E-state index contributed by atoms with van der Waals surface area (Å²) < 4.78 is 14.4. The molecule has 4 heteroatoms. The lowest BCUT2D eigenvalue weighted by Gasteiger charge is -2.10. The number of nitrogens with zero attached hydrogens (tertiary/aromatic N) is 1. The van der Waals surface area contributed by atoms with Crippen LogP contribution in [0.5, 0.6) is 0 Å². The van der Waals surface area contributed by atoms with Crippen LogP contribution in [0.25, 0.3) is 0 Å². The van der Waals surface area contributed by atoms with E-state index in [4.69, 9.17) is 5.26 Å². The highest BCUT2D eigenvalue weighted by molar-refractivity contribution is 9.10. The third-order valence-corrected chi connectivity index (χ3v) is 2.99. The van der Waals surface area contributed by atoms with Crippen LogP contribution < -0.4 is 5.32 Å². The van der Waals surface area contributed by atoms with E-state index in [1.54, 1.807) is 30.3 Å². The molecule has 0 bridgehead atoms. The minimum atomic E-state index is -0.340. The van der Waals surface area contributed by atoms with Crippen molar-refractivity contribution in [1.29, 1.82) is 5.26 Å². The van der Waals surface area contributed by atoms with Crippen molar-refractivity contribution in [3.05, 3.63) is 57.8 Å².